The van der Waals surface area contributed by atoms with Gasteiger partial charge in [0.25, 0.3) is 0 Å². The number of carboxylic acids is 1. The van der Waals surface area contributed by atoms with E-state index in [1.54, 1.807) is 18.2 Å². The van der Waals surface area contributed by atoms with E-state index < -0.39 is 12.0 Å². The van der Waals surface area contributed by atoms with Gasteiger partial charge >= 0.3 is 5.97 Å². The van der Waals surface area contributed by atoms with E-state index in [0.29, 0.717) is 23.7 Å². The van der Waals surface area contributed by atoms with Gasteiger partial charge in [0, 0.05) is 18.2 Å². The van der Waals surface area contributed by atoms with Gasteiger partial charge in [-0.1, -0.05) is 6.92 Å². The summed E-state index contributed by atoms with van der Waals surface area (Å²) in [7, 11) is 3.00. The van der Waals surface area contributed by atoms with Gasteiger partial charge in [-0.15, -0.1) is 0 Å². The van der Waals surface area contributed by atoms with E-state index in [9.17, 15) is 9.59 Å². The maximum atomic E-state index is 11.9. The van der Waals surface area contributed by atoms with Crippen molar-refractivity contribution in [3.63, 3.8) is 0 Å². The van der Waals surface area contributed by atoms with Gasteiger partial charge in [-0.3, -0.25) is 9.59 Å². The van der Waals surface area contributed by atoms with Crippen LogP contribution in [0.5, 0.6) is 11.5 Å². The summed E-state index contributed by atoms with van der Waals surface area (Å²) in [6, 6.07) is 4.29. The quantitative estimate of drug-likeness (QED) is 0.637. The molecular weight excluding hydrogens is 302 g/mol. The van der Waals surface area contributed by atoms with E-state index in [1.165, 1.54) is 14.2 Å². The van der Waals surface area contributed by atoms with E-state index in [-0.39, 0.29) is 18.9 Å². The van der Waals surface area contributed by atoms with Gasteiger partial charge in [-0.2, -0.15) is 0 Å². The predicted molar refractivity (Wildman–Crippen MR) is 83.8 cm³/mol. The summed E-state index contributed by atoms with van der Waals surface area (Å²) in [5, 5.41) is 11.8. The molecule has 0 aliphatic rings. The molecule has 2 N–H and O–H groups in total. The molecule has 7 nitrogen and oxygen atoms in total. The number of carbonyl (C=O) groups is 2. The smallest absolute Gasteiger partial charge is 0.305 e. The summed E-state index contributed by atoms with van der Waals surface area (Å²) in [6.45, 7) is 2.30. The van der Waals surface area contributed by atoms with Crippen molar-refractivity contribution in [2.45, 2.75) is 25.8 Å². The number of ether oxygens (including phenoxy) is 3. The first kappa shape index (κ1) is 18.8. The Kier molecular flexibility index (Phi) is 7.90. The molecule has 0 aliphatic heterocycles. The van der Waals surface area contributed by atoms with Crippen LogP contribution in [0.2, 0.25) is 0 Å². The number of benzene rings is 1. The van der Waals surface area contributed by atoms with E-state index in [0.717, 1.165) is 6.42 Å². The monoisotopic (exact) mass is 325 g/mol. The van der Waals surface area contributed by atoms with E-state index in [2.05, 4.69) is 5.32 Å². The van der Waals surface area contributed by atoms with Crippen LogP contribution in [0.3, 0.4) is 0 Å². The number of carboxylic acid groups (broad SMARTS) is 1. The number of amides is 1. The Hall–Kier alpha value is -2.28. The first-order valence-electron chi connectivity index (χ1n) is 7.32. The lowest BCUT2D eigenvalue weighted by Crippen LogP contribution is -2.33. The van der Waals surface area contributed by atoms with Crippen LogP contribution in [-0.4, -0.2) is 44.4 Å². The lowest BCUT2D eigenvalue weighted by atomic mass is 10.0. The first-order valence-corrected chi connectivity index (χ1v) is 7.32. The summed E-state index contributed by atoms with van der Waals surface area (Å²) < 4.78 is 15.6. The molecule has 0 spiro atoms. The highest BCUT2D eigenvalue weighted by Gasteiger charge is 2.22. The van der Waals surface area contributed by atoms with Crippen LogP contribution in [0.25, 0.3) is 0 Å². The predicted octanol–water partition coefficient (Wildman–Crippen LogP) is 1.76. The minimum atomic E-state index is -1.03. The number of rotatable bonds is 10. The molecule has 1 aromatic rings. The number of carbonyl (C=O) groups excluding carboxylic acids is 1. The van der Waals surface area contributed by atoms with Crippen LogP contribution >= 0.6 is 0 Å². The van der Waals surface area contributed by atoms with Crippen LogP contribution < -0.4 is 14.8 Å². The second-order valence-corrected chi connectivity index (χ2v) is 4.88. The summed E-state index contributed by atoms with van der Waals surface area (Å²) >= 11 is 0. The van der Waals surface area contributed by atoms with Crippen LogP contribution in [0, 0.1) is 0 Å². The Labute approximate surface area is 135 Å². The normalized spacial score (nSPS) is 11.6. The molecule has 1 unspecified atom stereocenters. The lowest BCUT2D eigenvalue weighted by Gasteiger charge is -2.20. The summed E-state index contributed by atoms with van der Waals surface area (Å²) in [4.78, 5) is 23.0. The van der Waals surface area contributed by atoms with Crippen LogP contribution in [0.15, 0.2) is 18.2 Å². The maximum Gasteiger partial charge on any atom is 0.305 e. The Morgan fingerprint density at radius 1 is 1.26 bits per heavy atom. The number of nitrogens with one attached hydrogen (secondary N) is 1. The van der Waals surface area contributed by atoms with Crippen molar-refractivity contribution in [2.24, 2.45) is 0 Å². The molecule has 1 rings (SSSR count). The molecule has 0 heterocycles. The fraction of sp³-hybridized carbons (Fsp3) is 0.500. The topological polar surface area (TPSA) is 94.1 Å². The second-order valence-electron chi connectivity index (χ2n) is 4.88. The van der Waals surface area contributed by atoms with Gasteiger partial charge in [-0.25, -0.2) is 0 Å². The average Bonchev–Trinajstić information content (AvgIpc) is 2.53. The third-order valence-corrected chi connectivity index (χ3v) is 3.11. The number of aliphatic carboxylic acids is 1. The Balaban J connectivity index is 2.93. The van der Waals surface area contributed by atoms with Crippen LogP contribution in [0.4, 0.5) is 0 Å². The second kappa shape index (κ2) is 9.68. The lowest BCUT2D eigenvalue weighted by molar-refractivity contribution is -0.138. The molecule has 0 saturated heterocycles. The van der Waals surface area contributed by atoms with Crippen molar-refractivity contribution < 1.29 is 28.9 Å². The molecule has 0 radical (unpaired) electrons. The number of hydrogen-bond acceptors (Lipinski definition) is 5. The van der Waals surface area contributed by atoms with E-state index in [4.69, 9.17) is 19.3 Å². The molecule has 0 saturated carbocycles. The first-order chi connectivity index (χ1) is 11.0. The maximum absolute atomic E-state index is 11.9. The molecule has 7 heteroatoms. The molecule has 0 aromatic heterocycles. The molecule has 0 bridgehead atoms. The fourth-order valence-corrected chi connectivity index (χ4v) is 2.06. The van der Waals surface area contributed by atoms with Crippen molar-refractivity contribution in [1.82, 2.24) is 5.32 Å². The van der Waals surface area contributed by atoms with E-state index in [1.807, 2.05) is 6.92 Å². The third-order valence-electron chi connectivity index (χ3n) is 3.11. The molecule has 0 fully saturated rings. The molecule has 1 amide bonds. The highest BCUT2D eigenvalue weighted by atomic mass is 16.5. The molecule has 1 atom stereocenters. The summed E-state index contributed by atoms with van der Waals surface area (Å²) in [6.07, 6.45) is 0.542. The molecule has 0 aliphatic carbocycles. The number of methoxy groups -OCH3 is 2. The van der Waals surface area contributed by atoms with Crippen molar-refractivity contribution in [1.29, 1.82) is 0 Å². The highest BCUT2D eigenvalue weighted by Crippen LogP contribution is 2.31. The third kappa shape index (κ3) is 6.15. The Morgan fingerprint density at radius 2 is 2.00 bits per heavy atom. The van der Waals surface area contributed by atoms with Crippen LogP contribution in [-0.2, 0) is 14.3 Å². The molecular formula is C16H23NO6. The standard InChI is InChI=1S/C16H23NO6/c1-4-7-23-10-15(18)17-13(9-16(19)20)12-6-5-11(21-2)8-14(12)22-3/h5-6,8,13H,4,7,9-10H2,1-3H3,(H,17,18)(H,19,20). The van der Waals surface area contributed by atoms with Gasteiger partial charge in [0.2, 0.25) is 5.91 Å². The zero-order chi connectivity index (χ0) is 17.2. The average molecular weight is 325 g/mol. The minimum Gasteiger partial charge on any atom is -0.497 e. The fourth-order valence-electron chi connectivity index (χ4n) is 2.06. The van der Waals surface area contributed by atoms with Crippen molar-refractivity contribution in [3.8, 4) is 11.5 Å². The van der Waals surface area contributed by atoms with Gasteiger partial charge in [0.15, 0.2) is 0 Å². The minimum absolute atomic E-state index is 0.109. The van der Waals surface area contributed by atoms with Crippen LogP contribution in [0.1, 0.15) is 31.4 Å². The van der Waals surface area contributed by atoms with Gasteiger partial charge in [-0.05, 0) is 18.6 Å². The van der Waals surface area contributed by atoms with E-state index >= 15 is 0 Å². The molecule has 1 aromatic carbocycles. The number of hydrogen-bond donors (Lipinski definition) is 2. The largest absolute Gasteiger partial charge is 0.497 e. The Bertz CT molecular complexity index is 531. The van der Waals surface area contributed by atoms with Gasteiger partial charge in [0.05, 0.1) is 26.7 Å². The van der Waals surface area contributed by atoms with Gasteiger partial charge in [0.1, 0.15) is 18.1 Å². The zero-order valence-corrected chi connectivity index (χ0v) is 13.6. The molecule has 128 valence electrons. The van der Waals surface area contributed by atoms with Crippen molar-refractivity contribution in [2.75, 3.05) is 27.4 Å². The van der Waals surface area contributed by atoms with Crippen molar-refractivity contribution in [3.05, 3.63) is 23.8 Å². The van der Waals surface area contributed by atoms with Crippen molar-refractivity contribution >= 4 is 11.9 Å². The SMILES string of the molecule is CCCOCC(=O)NC(CC(=O)O)c1ccc(OC)cc1OC. The zero-order valence-electron chi connectivity index (χ0n) is 13.6. The summed E-state index contributed by atoms with van der Waals surface area (Å²) in [5.41, 5.74) is 0.569. The van der Waals surface area contributed by atoms with Gasteiger partial charge < -0.3 is 24.6 Å². The summed E-state index contributed by atoms with van der Waals surface area (Å²) in [5.74, 6) is -0.368. The Morgan fingerprint density at radius 3 is 2.57 bits per heavy atom. The molecule has 23 heavy (non-hydrogen) atoms. The highest BCUT2D eigenvalue weighted by molar-refractivity contribution is 5.79.